The first kappa shape index (κ1) is 15.0. The summed E-state index contributed by atoms with van der Waals surface area (Å²) in [5.74, 6) is -1.49. The lowest BCUT2D eigenvalue weighted by atomic mass is 10.1. The Morgan fingerprint density at radius 2 is 1.71 bits per heavy atom. The standard InChI is InChI=1S/C15H10F4NO/c16-13-5-2-6-14(17)12(13)9-21-20-8-10-3-1-4-11(7-10)15(18)19/h1-7,15H,9H2. The van der Waals surface area contributed by atoms with E-state index in [2.05, 4.69) is 11.4 Å². The predicted octanol–water partition coefficient (Wildman–Crippen LogP) is 4.33. The van der Waals surface area contributed by atoms with Gasteiger partial charge in [0.2, 0.25) is 0 Å². The van der Waals surface area contributed by atoms with Gasteiger partial charge >= 0.3 is 0 Å². The number of nitrogens with zero attached hydrogens (tertiary/aromatic N) is 1. The fraction of sp³-hybridized carbons (Fsp3) is 0.133. The molecule has 1 radical (unpaired) electrons. The molecule has 2 nitrogen and oxygen atoms in total. The smallest absolute Gasteiger partial charge is 0.263 e. The van der Waals surface area contributed by atoms with Gasteiger partial charge in [-0.25, -0.2) is 17.6 Å². The van der Waals surface area contributed by atoms with Crippen LogP contribution in [-0.4, -0.2) is 6.21 Å². The Balaban J connectivity index is 1.98. The third-order valence-electron chi connectivity index (χ3n) is 2.65. The molecule has 2 aromatic carbocycles. The van der Waals surface area contributed by atoms with Crippen molar-refractivity contribution < 1.29 is 22.4 Å². The Bertz CT molecular complexity index is 623. The van der Waals surface area contributed by atoms with Crippen LogP contribution in [-0.2, 0) is 11.4 Å². The van der Waals surface area contributed by atoms with Crippen LogP contribution in [0.4, 0.5) is 17.6 Å². The van der Waals surface area contributed by atoms with E-state index < -0.39 is 24.7 Å². The van der Waals surface area contributed by atoms with Gasteiger partial charge in [0.05, 0.1) is 5.56 Å². The van der Waals surface area contributed by atoms with Crippen LogP contribution in [0.5, 0.6) is 0 Å². The van der Waals surface area contributed by atoms with Crippen molar-refractivity contribution in [3.8, 4) is 0 Å². The van der Waals surface area contributed by atoms with E-state index in [1.54, 1.807) is 0 Å². The molecule has 0 bridgehead atoms. The maximum atomic E-state index is 13.3. The average molecular weight is 296 g/mol. The topological polar surface area (TPSA) is 21.6 Å². The molecule has 0 atom stereocenters. The molecule has 0 aliphatic rings. The molecule has 21 heavy (non-hydrogen) atoms. The van der Waals surface area contributed by atoms with Crippen LogP contribution in [0.2, 0.25) is 0 Å². The van der Waals surface area contributed by atoms with Gasteiger partial charge in [0, 0.05) is 11.1 Å². The van der Waals surface area contributed by atoms with Crippen LogP contribution in [0, 0.1) is 11.6 Å². The Labute approximate surface area is 118 Å². The van der Waals surface area contributed by atoms with Gasteiger partial charge in [0.15, 0.2) is 0 Å². The first-order valence-electron chi connectivity index (χ1n) is 5.97. The summed E-state index contributed by atoms with van der Waals surface area (Å²) in [5.41, 5.74) is -0.151. The molecule has 0 fully saturated rings. The zero-order valence-corrected chi connectivity index (χ0v) is 10.7. The van der Waals surface area contributed by atoms with Crippen molar-refractivity contribution in [1.29, 1.82) is 0 Å². The summed E-state index contributed by atoms with van der Waals surface area (Å²) in [7, 11) is 0. The quantitative estimate of drug-likeness (QED) is 0.457. The predicted molar refractivity (Wildman–Crippen MR) is 69.1 cm³/mol. The minimum atomic E-state index is -2.60. The molecule has 0 unspecified atom stereocenters. The van der Waals surface area contributed by atoms with Crippen molar-refractivity contribution in [2.24, 2.45) is 5.16 Å². The highest BCUT2D eigenvalue weighted by molar-refractivity contribution is 5.79. The van der Waals surface area contributed by atoms with Gasteiger partial charge in [-0.3, -0.25) is 0 Å². The Kier molecular flexibility index (Phi) is 4.92. The molecule has 0 heterocycles. The van der Waals surface area contributed by atoms with Gasteiger partial charge in [0.1, 0.15) is 24.5 Å². The first-order chi connectivity index (χ1) is 10.1. The van der Waals surface area contributed by atoms with Gasteiger partial charge in [-0.1, -0.05) is 29.4 Å². The van der Waals surface area contributed by atoms with Gasteiger partial charge < -0.3 is 4.84 Å². The molecule has 0 aliphatic carbocycles. The molecule has 0 N–H and O–H groups in total. The summed E-state index contributed by atoms with van der Waals surface area (Å²) in [4.78, 5) is 4.73. The molecule has 0 spiro atoms. The van der Waals surface area contributed by atoms with E-state index in [9.17, 15) is 17.6 Å². The number of hydrogen-bond acceptors (Lipinski definition) is 2. The van der Waals surface area contributed by atoms with Crippen molar-refractivity contribution in [2.45, 2.75) is 13.0 Å². The number of halogens is 4. The molecule has 6 heteroatoms. The van der Waals surface area contributed by atoms with Crippen molar-refractivity contribution in [3.05, 3.63) is 70.8 Å². The second-order valence-corrected chi connectivity index (χ2v) is 4.10. The summed E-state index contributed by atoms with van der Waals surface area (Å²) in [5, 5.41) is 3.39. The summed E-state index contributed by atoms with van der Waals surface area (Å²) < 4.78 is 51.5. The van der Waals surface area contributed by atoms with Crippen LogP contribution in [0.1, 0.15) is 23.1 Å². The maximum Gasteiger partial charge on any atom is 0.263 e. The number of hydrogen-bond donors (Lipinski definition) is 0. The lowest BCUT2D eigenvalue weighted by molar-refractivity contribution is 0.126. The number of rotatable bonds is 5. The van der Waals surface area contributed by atoms with E-state index >= 15 is 0 Å². The summed E-state index contributed by atoms with van der Waals surface area (Å²) in [6.45, 7) is -0.417. The molecule has 2 rings (SSSR count). The second-order valence-electron chi connectivity index (χ2n) is 4.10. The SMILES string of the molecule is Fc1cccc(F)c1CO/N=[C]\c1cccc(C(F)F)c1. The van der Waals surface area contributed by atoms with Crippen LogP contribution in [0.15, 0.2) is 47.6 Å². The normalized spacial score (nSPS) is 11.3. The van der Waals surface area contributed by atoms with Crippen molar-refractivity contribution in [3.63, 3.8) is 0 Å². The van der Waals surface area contributed by atoms with Crippen LogP contribution in [0.25, 0.3) is 0 Å². The first-order valence-corrected chi connectivity index (χ1v) is 5.97. The minimum Gasteiger partial charge on any atom is -0.390 e. The van der Waals surface area contributed by atoms with Crippen LogP contribution in [0.3, 0.4) is 0 Å². The summed E-state index contributed by atoms with van der Waals surface area (Å²) >= 11 is 0. The highest BCUT2D eigenvalue weighted by atomic mass is 19.3. The third-order valence-corrected chi connectivity index (χ3v) is 2.65. The van der Waals surface area contributed by atoms with Gasteiger partial charge in [-0.2, -0.15) is 0 Å². The second kappa shape index (κ2) is 6.88. The largest absolute Gasteiger partial charge is 0.390 e. The van der Waals surface area contributed by atoms with Gasteiger partial charge in [-0.15, -0.1) is 0 Å². The third kappa shape index (κ3) is 4.05. The zero-order chi connectivity index (χ0) is 15.2. The van der Waals surface area contributed by atoms with E-state index in [1.165, 1.54) is 30.3 Å². The van der Waals surface area contributed by atoms with Crippen LogP contribution >= 0.6 is 0 Å². The fourth-order valence-corrected chi connectivity index (χ4v) is 1.60. The maximum absolute atomic E-state index is 13.3. The fourth-order valence-electron chi connectivity index (χ4n) is 1.60. The Morgan fingerprint density at radius 3 is 2.38 bits per heavy atom. The monoisotopic (exact) mass is 296 g/mol. The molecule has 0 saturated carbocycles. The lowest BCUT2D eigenvalue weighted by Gasteiger charge is -2.03. The van der Waals surface area contributed by atoms with Crippen LogP contribution < -0.4 is 0 Å². The highest BCUT2D eigenvalue weighted by Gasteiger charge is 2.08. The van der Waals surface area contributed by atoms with E-state index in [0.717, 1.165) is 12.1 Å². The van der Waals surface area contributed by atoms with E-state index in [0.29, 0.717) is 0 Å². The molecule has 0 aliphatic heterocycles. The van der Waals surface area contributed by atoms with E-state index in [1.807, 2.05) is 0 Å². The van der Waals surface area contributed by atoms with E-state index in [4.69, 9.17) is 4.84 Å². The summed E-state index contributed by atoms with van der Waals surface area (Å²) in [6, 6.07) is 8.83. The highest BCUT2D eigenvalue weighted by Crippen LogP contribution is 2.19. The number of alkyl halides is 2. The lowest BCUT2D eigenvalue weighted by Crippen LogP contribution is -1.97. The number of benzene rings is 2. The minimum absolute atomic E-state index is 0.171. The average Bonchev–Trinajstić information content (AvgIpc) is 2.46. The Hall–Kier alpha value is -2.37. The molecular formula is C15H10F4NO. The van der Waals surface area contributed by atoms with E-state index in [-0.39, 0.29) is 16.7 Å². The van der Waals surface area contributed by atoms with Gasteiger partial charge in [0.25, 0.3) is 6.43 Å². The summed E-state index contributed by atoms with van der Waals surface area (Å²) in [6.07, 6.45) is -0.223. The molecule has 2 aromatic rings. The van der Waals surface area contributed by atoms with Gasteiger partial charge in [-0.05, 0) is 18.2 Å². The molecule has 109 valence electrons. The van der Waals surface area contributed by atoms with Crippen molar-refractivity contribution in [2.75, 3.05) is 0 Å². The molecule has 0 amide bonds. The Morgan fingerprint density at radius 1 is 1.05 bits per heavy atom. The molecule has 0 saturated heterocycles. The molecular weight excluding hydrogens is 286 g/mol. The van der Waals surface area contributed by atoms with Crippen molar-refractivity contribution in [1.82, 2.24) is 0 Å². The zero-order valence-electron chi connectivity index (χ0n) is 10.7. The van der Waals surface area contributed by atoms with Crippen molar-refractivity contribution >= 4 is 6.21 Å². The molecule has 0 aromatic heterocycles.